The minimum atomic E-state index is -0.660. The molecule has 0 spiro atoms. The summed E-state index contributed by atoms with van der Waals surface area (Å²) in [6.45, 7) is 1.89. The maximum absolute atomic E-state index is 9.83. The summed E-state index contributed by atoms with van der Waals surface area (Å²) >= 11 is 2.99. The second-order valence-electron chi connectivity index (χ2n) is 5.20. The van der Waals surface area contributed by atoms with Gasteiger partial charge in [0, 0.05) is 11.8 Å². The van der Waals surface area contributed by atoms with E-state index in [0.29, 0.717) is 11.8 Å². The number of hydrogen-bond acceptors (Lipinski definition) is 6. The van der Waals surface area contributed by atoms with Gasteiger partial charge in [-0.25, -0.2) is 4.98 Å². The van der Waals surface area contributed by atoms with E-state index in [1.165, 1.54) is 11.5 Å². The Morgan fingerprint density at radius 2 is 2.19 bits per heavy atom. The molecule has 1 saturated carbocycles. The smallest absolute Gasteiger partial charge is 0.170 e. The Hall–Kier alpha value is -1.42. The van der Waals surface area contributed by atoms with Gasteiger partial charge in [-0.15, -0.1) is 0 Å². The fourth-order valence-corrected chi connectivity index (χ4v) is 3.92. The Kier molecular flexibility index (Phi) is 4.24. The molecule has 108 valence electrons. The minimum absolute atomic E-state index is 0.460. The summed E-state index contributed by atoms with van der Waals surface area (Å²) in [4.78, 5) is 4.37. The van der Waals surface area contributed by atoms with Crippen molar-refractivity contribution in [3.8, 4) is 6.07 Å². The molecular weight excluding hydrogens is 300 g/mol. The molecule has 3 rings (SSSR count). The zero-order valence-electron chi connectivity index (χ0n) is 11.7. The van der Waals surface area contributed by atoms with Crippen LogP contribution >= 0.6 is 23.3 Å². The fraction of sp³-hybridized carbons (Fsp3) is 0.400. The highest BCUT2D eigenvalue weighted by molar-refractivity contribution is 8.01. The Morgan fingerprint density at radius 1 is 1.43 bits per heavy atom. The van der Waals surface area contributed by atoms with Crippen molar-refractivity contribution < 1.29 is 0 Å². The van der Waals surface area contributed by atoms with Gasteiger partial charge >= 0.3 is 0 Å². The van der Waals surface area contributed by atoms with E-state index in [-0.39, 0.29) is 0 Å². The largest absolute Gasteiger partial charge is 0.292 e. The molecule has 4 nitrogen and oxygen atoms in total. The van der Waals surface area contributed by atoms with E-state index >= 15 is 0 Å². The lowest BCUT2D eigenvalue weighted by Crippen LogP contribution is -2.44. The number of nitriles is 1. The van der Waals surface area contributed by atoms with Crippen LogP contribution < -0.4 is 5.32 Å². The summed E-state index contributed by atoms with van der Waals surface area (Å²) in [5.74, 6) is 1.43. The lowest BCUT2D eigenvalue weighted by atomic mass is 9.93. The number of aromatic nitrogens is 2. The van der Waals surface area contributed by atoms with Crippen LogP contribution in [-0.4, -0.2) is 21.2 Å². The second-order valence-corrected chi connectivity index (χ2v) is 7.17. The standard InChI is InChI=1S/C15H16N4S2/c1-11-17-14(21-19-11)20-10-15(9-16,18-13-7-8-13)12-5-3-2-4-6-12/h2-6,13,18H,7-8,10H2,1H3. The minimum Gasteiger partial charge on any atom is -0.292 e. The molecule has 1 unspecified atom stereocenters. The molecule has 0 saturated heterocycles. The first-order chi connectivity index (χ1) is 10.2. The molecule has 0 amide bonds. The summed E-state index contributed by atoms with van der Waals surface area (Å²) < 4.78 is 5.11. The molecule has 6 heteroatoms. The van der Waals surface area contributed by atoms with Crippen molar-refractivity contribution in [1.29, 1.82) is 5.26 Å². The van der Waals surface area contributed by atoms with Crippen LogP contribution in [0.2, 0.25) is 0 Å². The van der Waals surface area contributed by atoms with E-state index in [0.717, 1.165) is 28.6 Å². The first kappa shape index (κ1) is 14.5. The summed E-state index contributed by atoms with van der Waals surface area (Å²) in [5, 5.41) is 13.4. The molecular formula is C15H16N4S2. The van der Waals surface area contributed by atoms with Gasteiger partial charge in [0.25, 0.3) is 0 Å². The van der Waals surface area contributed by atoms with Gasteiger partial charge in [0.15, 0.2) is 4.34 Å². The van der Waals surface area contributed by atoms with Crippen LogP contribution in [0.4, 0.5) is 0 Å². The zero-order valence-corrected chi connectivity index (χ0v) is 13.4. The van der Waals surface area contributed by atoms with Crippen LogP contribution in [0, 0.1) is 18.3 Å². The third-order valence-corrected chi connectivity index (χ3v) is 5.50. The third-order valence-electron chi connectivity index (χ3n) is 3.41. The van der Waals surface area contributed by atoms with Crippen LogP contribution in [0.1, 0.15) is 24.2 Å². The van der Waals surface area contributed by atoms with Crippen molar-refractivity contribution in [1.82, 2.24) is 14.7 Å². The Bertz CT molecular complexity index is 645. The summed E-state index contributed by atoms with van der Waals surface area (Å²) in [6, 6.07) is 12.9. The predicted molar refractivity (Wildman–Crippen MR) is 85.3 cm³/mol. The fourth-order valence-electron chi connectivity index (χ4n) is 2.14. The molecule has 0 radical (unpaired) electrons. The van der Waals surface area contributed by atoms with E-state index in [1.54, 1.807) is 11.8 Å². The van der Waals surface area contributed by atoms with Crippen molar-refractivity contribution in [3.05, 3.63) is 41.7 Å². The van der Waals surface area contributed by atoms with Crippen molar-refractivity contribution >= 4 is 23.3 Å². The summed E-state index contributed by atoms with van der Waals surface area (Å²) in [7, 11) is 0. The Balaban J connectivity index is 1.82. The molecule has 1 aromatic carbocycles. The topological polar surface area (TPSA) is 61.6 Å². The highest BCUT2D eigenvalue weighted by Gasteiger charge is 2.38. The molecule has 1 atom stereocenters. The summed E-state index contributed by atoms with van der Waals surface area (Å²) in [5.41, 5.74) is 0.361. The van der Waals surface area contributed by atoms with E-state index in [1.807, 2.05) is 37.3 Å². The molecule has 1 aromatic heterocycles. The molecule has 1 aliphatic carbocycles. The van der Waals surface area contributed by atoms with Crippen LogP contribution in [0.5, 0.6) is 0 Å². The van der Waals surface area contributed by atoms with E-state index in [4.69, 9.17) is 0 Å². The monoisotopic (exact) mass is 316 g/mol. The predicted octanol–water partition coefficient (Wildman–Crippen LogP) is 3.11. The molecule has 1 N–H and O–H groups in total. The first-order valence-electron chi connectivity index (χ1n) is 6.89. The van der Waals surface area contributed by atoms with Gasteiger partial charge in [-0.3, -0.25) is 5.32 Å². The number of thioether (sulfide) groups is 1. The van der Waals surface area contributed by atoms with Gasteiger partial charge in [-0.2, -0.15) is 9.64 Å². The van der Waals surface area contributed by atoms with E-state index in [9.17, 15) is 5.26 Å². The van der Waals surface area contributed by atoms with Crippen molar-refractivity contribution in [2.24, 2.45) is 0 Å². The van der Waals surface area contributed by atoms with E-state index in [2.05, 4.69) is 20.7 Å². The van der Waals surface area contributed by atoms with Gasteiger partial charge in [-0.1, -0.05) is 42.1 Å². The average molecular weight is 316 g/mol. The second kappa shape index (κ2) is 6.14. The van der Waals surface area contributed by atoms with Crippen molar-refractivity contribution in [2.45, 2.75) is 35.7 Å². The molecule has 1 aliphatic rings. The van der Waals surface area contributed by atoms with Crippen LogP contribution in [0.25, 0.3) is 0 Å². The lowest BCUT2D eigenvalue weighted by molar-refractivity contribution is 0.470. The number of hydrogen-bond donors (Lipinski definition) is 1. The van der Waals surface area contributed by atoms with Gasteiger partial charge in [-0.05, 0) is 36.9 Å². The molecule has 1 fully saturated rings. The molecule has 1 heterocycles. The first-order valence-corrected chi connectivity index (χ1v) is 8.65. The quantitative estimate of drug-likeness (QED) is 0.830. The molecule has 2 aromatic rings. The van der Waals surface area contributed by atoms with Crippen LogP contribution in [0.15, 0.2) is 34.7 Å². The van der Waals surface area contributed by atoms with Gasteiger partial charge in [0.05, 0.1) is 6.07 Å². The van der Waals surface area contributed by atoms with Crippen LogP contribution in [-0.2, 0) is 5.54 Å². The van der Waals surface area contributed by atoms with Crippen LogP contribution in [0.3, 0.4) is 0 Å². The number of rotatable bonds is 6. The Labute approximate surface area is 132 Å². The third kappa shape index (κ3) is 3.43. The van der Waals surface area contributed by atoms with Gasteiger partial charge in [0.1, 0.15) is 11.4 Å². The lowest BCUT2D eigenvalue weighted by Gasteiger charge is -2.28. The average Bonchev–Trinajstić information content (AvgIpc) is 3.24. The SMILES string of the molecule is Cc1nsc(SCC(C#N)(NC2CC2)c2ccccc2)n1. The highest BCUT2D eigenvalue weighted by atomic mass is 32.2. The van der Waals surface area contributed by atoms with Crippen molar-refractivity contribution in [3.63, 3.8) is 0 Å². The normalized spacial score (nSPS) is 17.1. The van der Waals surface area contributed by atoms with Crippen molar-refractivity contribution in [2.75, 3.05) is 5.75 Å². The van der Waals surface area contributed by atoms with E-state index < -0.39 is 5.54 Å². The summed E-state index contributed by atoms with van der Waals surface area (Å²) in [6.07, 6.45) is 2.30. The molecule has 0 bridgehead atoms. The molecule has 21 heavy (non-hydrogen) atoms. The number of benzene rings is 1. The Morgan fingerprint density at radius 3 is 2.76 bits per heavy atom. The molecule has 0 aliphatic heterocycles. The number of nitrogens with one attached hydrogen (secondary N) is 1. The van der Waals surface area contributed by atoms with Gasteiger partial charge < -0.3 is 0 Å². The van der Waals surface area contributed by atoms with Gasteiger partial charge in [0.2, 0.25) is 0 Å². The highest BCUT2D eigenvalue weighted by Crippen LogP contribution is 2.33. The zero-order chi connectivity index (χ0) is 14.7. The maximum Gasteiger partial charge on any atom is 0.170 e. The maximum atomic E-state index is 9.83. The number of nitrogens with zero attached hydrogens (tertiary/aromatic N) is 3. The number of aryl methyl sites for hydroxylation is 1.